The average molecular weight is 275 g/mol. The number of benzene rings is 1. The average Bonchev–Trinajstić information content (AvgIpc) is 2.37. The highest BCUT2D eigenvalue weighted by atomic mass is 14.9. The van der Waals surface area contributed by atoms with E-state index in [1.165, 1.54) is 24.0 Å². The molecule has 1 N–H and O–H groups in total. The van der Waals surface area contributed by atoms with Crippen LogP contribution in [0.15, 0.2) is 24.3 Å². The third-order valence-electron chi connectivity index (χ3n) is 4.26. The maximum absolute atomic E-state index is 3.72. The van der Waals surface area contributed by atoms with Crippen molar-refractivity contribution >= 4 is 0 Å². The standard InChI is InChI=1S/C19H33N/c1-8-14(2)13-15(3)20-16(4)17-9-11-18(12-10-17)19(5,6)7/h9-12,14-16,20H,8,13H2,1-7H3. The predicted octanol–water partition coefficient (Wildman–Crippen LogP) is 5.46. The highest BCUT2D eigenvalue weighted by Gasteiger charge is 2.15. The van der Waals surface area contributed by atoms with Crippen molar-refractivity contribution in [3.8, 4) is 0 Å². The SMILES string of the molecule is CCC(C)CC(C)NC(C)c1ccc(C(C)(C)C)cc1. The zero-order valence-corrected chi connectivity index (χ0v) is 14.5. The van der Waals surface area contributed by atoms with Gasteiger partial charge in [-0.05, 0) is 42.7 Å². The molecule has 1 nitrogen and oxygen atoms in total. The fourth-order valence-electron chi connectivity index (χ4n) is 2.63. The summed E-state index contributed by atoms with van der Waals surface area (Å²) in [5.41, 5.74) is 3.02. The van der Waals surface area contributed by atoms with Crippen LogP contribution in [0, 0.1) is 5.92 Å². The summed E-state index contributed by atoms with van der Waals surface area (Å²) in [6.07, 6.45) is 2.52. The molecule has 1 rings (SSSR count). The minimum Gasteiger partial charge on any atom is -0.308 e. The second kappa shape index (κ2) is 7.26. The first-order chi connectivity index (χ1) is 9.24. The normalized spacial score (nSPS) is 16.8. The Morgan fingerprint density at radius 1 is 1.00 bits per heavy atom. The lowest BCUT2D eigenvalue weighted by atomic mass is 9.86. The van der Waals surface area contributed by atoms with Crippen LogP contribution in [0.25, 0.3) is 0 Å². The molecule has 0 heterocycles. The molecule has 0 aromatic heterocycles. The van der Waals surface area contributed by atoms with Gasteiger partial charge in [-0.3, -0.25) is 0 Å². The van der Waals surface area contributed by atoms with Crippen molar-refractivity contribution in [2.75, 3.05) is 0 Å². The van der Waals surface area contributed by atoms with Gasteiger partial charge in [-0.15, -0.1) is 0 Å². The Labute approximate surface area is 126 Å². The maximum Gasteiger partial charge on any atom is 0.0294 e. The molecule has 1 heteroatoms. The van der Waals surface area contributed by atoms with E-state index in [-0.39, 0.29) is 5.41 Å². The van der Waals surface area contributed by atoms with Crippen LogP contribution in [-0.4, -0.2) is 6.04 Å². The van der Waals surface area contributed by atoms with Crippen LogP contribution in [0.3, 0.4) is 0 Å². The first-order valence-electron chi connectivity index (χ1n) is 8.10. The second-order valence-corrected chi connectivity index (χ2v) is 7.41. The van der Waals surface area contributed by atoms with E-state index in [4.69, 9.17) is 0 Å². The van der Waals surface area contributed by atoms with Crippen LogP contribution in [0.2, 0.25) is 0 Å². The highest BCUT2D eigenvalue weighted by Crippen LogP contribution is 2.24. The van der Waals surface area contributed by atoms with Crippen molar-refractivity contribution < 1.29 is 0 Å². The van der Waals surface area contributed by atoms with Crippen molar-refractivity contribution in [1.82, 2.24) is 5.32 Å². The summed E-state index contributed by atoms with van der Waals surface area (Å²) < 4.78 is 0. The Morgan fingerprint density at radius 2 is 1.55 bits per heavy atom. The fraction of sp³-hybridized carbons (Fsp3) is 0.684. The molecule has 0 bridgehead atoms. The van der Waals surface area contributed by atoms with E-state index in [0.29, 0.717) is 12.1 Å². The lowest BCUT2D eigenvalue weighted by molar-refractivity contribution is 0.385. The third-order valence-corrected chi connectivity index (χ3v) is 4.26. The van der Waals surface area contributed by atoms with Gasteiger partial charge in [-0.25, -0.2) is 0 Å². The molecule has 20 heavy (non-hydrogen) atoms. The van der Waals surface area contributed by atoms with Gasteiger partial charge in [-0.1, -0.05) is 65.3 Å². The van der Waals surface area contributed by atoms with Crippen molar-refractivity contribution in [3.05, 3.63) is 35.4 Å². The number of rotatable bonds is 6. The Bertz CT molecular complexity index is 385. The molecule has 1 aromatic rings. The van der Waals surface area contributed by atoms with Gasteiger partial charge in [0.05, 0.1) is 0 Å². The van der Waals surface area contributed by atoms with Crippen LogP contribution >= 0.6 is 0 Å². The van der Waals surface area contributed by atoms with Crippen molar-refractivity contribution in [3.63, 3.8) is 0 Å². The molecule has 0 saturated heterocycles. The smallest absolute Gasteiger partial charge is 0.0294 e. The number of hydrogen-bond donors (Lipinski definition) is 1. The summed E-state index contributed by atoms with van der Waals surface area (Å²) >= 11 is 0. The summed E-state index contributed by atoms with van der Waals surface area (Å²) in [7, 11) is 0. The lowest BCUT2D eigenvalue weighted by Crippen LogP contribution is -2.30. The first kappa shape index (κ1) is 17.2. The van der Waals surface area contributed by atoms with Crippen molar-refractivity contribution in [1.29, 1.82) is 0 Å². The fourth-order valence-corrected chi connectivity index (χ4v) is 2.63. The molecule has 0 aliphatic rings. The second-order valence-electron chi connectivity index (χ2n) is 7.41. The van der Waals surface area contributed by atoms with Gasteiger partial charge in [0, 0.05) is 12.1 Å². The van der Waals surface area contributed by atoms with E-state index in [1.54, 1.807) is 0 Å². The van der Waals surface area contributed by atoms with Gasteiger partial charge >= 0.3 is 0 Å². The molecular weight excluding hydrogens is 242 g/mol. The van der Waals surface area contributed by atoms with Crippen molar-refractivity contribution in [2.45, 2.75) is 78.8 Å². The van der Waals surface area contributed by atoms with Gasteiger partial charge in [0.2, 0.25) is 0 Å². The Hall–Kier alpha value is -0.820. The molecule has 0 aliphatic heterocycles. The zero-order valence-electron chi connectivity index (χ0n) is 14.5. The summed E-state index contributed by atoms with van der Waals surface area (Å²) in [6.45, 7) is 16.0. The Morgan fingerprint density at radius 3 is 2.00 bits per heavy atom. The summed E-state index contributed by atoms with van der Waals surface area (Å²) in [5, 5.41) is 3.72. The van der Waals surface area contributed by atoms with Crippen LogP contribution < -0.4 is 5.32 Å². The van der Waals surface area contributed by atoms with Crippen LogP contribution in [0.1, 0.15) is 78.5 Å². The third kappa shape index (κ3) is 5.28. The van der Waals surface area contributed by atoms with E-state index < -0.39 is 0 Å². The van der Waals surface area contributed by atoms with E-state index >= 15 is 0 Å². The summed E-state index contributed by atoms with van der Waals surface area (Å²) in [4.78, 5) is 0. The predicted molar refractivity (Wildman–Crippen MR) is 90.2 cm³/mol. The summed E-state index contributed by atoms with van der Waals surface area (Å²) in [5.74, 6) is 0.799. The molecule has 0 amide bonds. The minimum absolute atomic E-state index is 0.235. The lowest BCUT2D eigenvalue weighted by Gasteiger charge is -2.24. The molecule has 0 radical (unpaired) electrons. The zero-order chi connectivity index (χ0) is 15.3. The van der Waals surface area contributed by atoms with Gasteiger partial charge in [0.15, 0.2) is 0 Å². The maximum atomic E-state index is 3.72. The largest absolute Gasteiger partial charge is 0.308 e. The molecule has 0 fully saturated rings. The Balaban J connectivity index is 2.62. The van der Waals surface area contributed by atoms with E-state index in [1.807, 2.05) is 0 Å². The van der Waals surface area contributed by atoms with Gasteiger partial charge in [-0.2, -0.15) is 0 Å². The van der Waals surface area contributed by atoms with Gasteiger partial charge in [0.1, 0.15) is 0 Å². The Kier molecular flexibility index (Phi) is 6.26. The number of nitrogens with one attached hydrogen (secondary N) is 1. The molecular formula is C19H33N. The van der Waals surface area contributed by atoms with Gasteiger partial charge < -0.3 is 5.32 Å². The molecule has 0 saturated carbocycles. The molecule has 0 aliphatic carbocycles. The highest BCUT2D eigenvalue weighted by molar-refractivity contribution is 5.29. The number of hydrogen-bond acceptors (Lipinski definition) is 1. The summed E-state index contributed by atoms with van der Waals surface area (Å²) in [6, 6.07) is 10.1. The monoisotopic (exact) mass is 275 g/mol. The van der Waals surface area contributed by atoms with Crippen LogP contribution in [-0.2, 0) is 5.41 Å². The molecule has 3 atom stereocenters. The topological polar surface area (TPSA) is 12.0 Å². The minimum atomic E-state index is 0.235. The molecule has 114 valence electrons. The quantitative estimate of drug-likeness (QED) is 0.727. The van der Waals surface area contributed by atoms with Gasteiger partial charge in [0.25, 0.3) is 0 Å². The van der Waals surface area contributed by atoms with E-state index in [9.17, 15) is 0 Å². The molecule has 3 unspecified atom stereocenters. The van der Waals surface area contributed by atoms with E-state index in [2.05, 4.69) is 78.0 Å². The molecule has 0 spiro atoms. The van der Waals surface area contributed by atoms with Crippen LogP contribution in [0.4, 0.5) is 0 Å². The van der Waals surface area contributed by atoms with E-state index in [0.717, 1.165) is 5.92 Å². The van der Waals surface area contributed by atoms with Crippen LogP contribution in [0.5, 0.6) is 0 Å². The van der Waals surface area contributed by atoms with Crippen molar-refractivity contribution in [2.24, 2.45) is 5.92 Å². The molecule has 1 aromatic carbocycles. The first-order valence-corrected chi connectivity index (χ1v) is 8.10.